The van der Waals surface area contributed by atoms with Gasteiger partial charge in [-0.15, -0.1) is 5.10 Å². The summed E-state index contributed by atoms with van der Waals surface area (Å²) < 4.78 is 47.7. The van der Waals surface area contributed by atoms with Crippen molar-refractivity contribution in [2.45, 2.75) is 71.2 Å². The number of carbonyl (C=O) groups is 3. The summed E-state index contributed by atoms with van der Waals surface area (Å²) in [6, 6.07) is 2.39. The van der Waals surface area contributed by atoms with E-state index in [1.165, 1.54) is 0 Å². The van der Waals surface area contributed by atoms with E-state index in [0.29, 0.717) is 59.5 Å². The lowest BCUT2D eigenvalue weighted by atomic mass is 9.66. The Morgan fingerprint density at radius 1 is 1.26 bits per heavy atom. The van der Waals surface area contributed by atoms with Crippen LogP contribution in [0.25, 0.3) is 0 Å². The fraction of sp³-hybridized carbons (Fsp3) is 0.621. The van der Waals surface area contributed by atoms with Crippen molar-refractivity contribution < 1.29 is 37.4 Å². The van der Waals surface area contributed by atoms with Crippen molar-refractivity contribution in [3.05, 3.63) is 39.7 Å². The predicted molar refractivity (Wildman–Crippen MR) is 148 cm³/mol. The normalized spacial score (nSPS) is 26.0. The van der Waals surface area contributed by atoms with Crippen LogP contribution in [0.1, 0.15) is 74.5 Å². The van der Waals surface area contributed by atoms with Crippen molar-refractivity contribution in [1.29, 1.82) is 0 Å². The van der Waals surface area contributed by atoms with Gasteiger partial charge in [-0.05, 0) is 49.8 Å². The first-order chi connectivity index (χ1) is 20.2. The van der Waals surface area contributed by atoms with E-state index in [-0.39, 0.29) is 36.6 Å². The Morgan fingerprint density at radius 2 is 2.00 bits per heavy atom. The number of aryl methyl sites for hydroxylation is 1. The van der Waals surface area contributed by atoms with Crippen LogP contribution in [-0.2, 0) is 40.6 Å². The molecule has 14 heteroatoms. The second-order valence-corrected chi connectivity index (χ2v) is 12.6. The number of rotatable bonds is 7. The van der Waals surface area contributed by atoms with Gasteiger partial charge < -0.3 is 19.6 Å². The number of carboxylic acids is 1. The summed E-state index contributed by atoms with van der Waals surface area (Å²) in [6.07, 6.45) is -1.80. The quantitative estimate of drug-likeness (QED) is 0.476. The molecule has 0 bridgehead atoms. The first-order valence-corrected chi connectivity index (χ1v) is 14.8. The Morgan fingerprint density at radius 3 is 2.65 bits per heavy atom. The van der Waals surface area contributed by atoms with Crippen molar-refractivity contribution in [2.24, 2.45) is 24.3 Å². The molecule has 3 heterocycles. The number of ether oxygens (including phenoxy) is 1. The summed E-state index contributed by atoms with van der Waals surface area (Å²) in [4.78, 5) is 42.9. The van der Waals surface area contributed by atoms with Gasteiger partial charge >= 0.3 is 12.1 Å². The molecule has 43 heavy (non-hydrogen) atoms. The third-order valence-corrected chi connectivity index (χ3v) is 9.53. The molecule has 5 rings (SSSR count). The van der Waals surface area contributed by atoms with Crippen molar-refractivity contribution in [2.75, 3.05) is 19.6 Å². The number of halogens is 4. The number of amides is 2. The molecule has 1 unspecified atom stereocenters. The highest BCUT2D eigenvalue weighted by Gasteiger charge is 2.50. The second-order valence-electron chi connectivity index (χ2n) is 12.2. The minimum atomic E-state index is -4.70. The van der Waals surface area contributed by atoms with Gasteiger partial charge in [-0.2, -0.15) is 13.2 Å². The van der Waals surface area contributed by atoms with Crippen LogP contribution in [0.3, 0.4) is 0 Å². The average molecular weight is 626 g/mol. The summed E-state index contributed by atoms with van der Waals surface area (Å²) >= 11 is 6.62. The molecular weight excluding hydrogens is 591 g/mol. The molecule has 0 spiro atoms. The number of benzene rings is 1. The van der Waals surface area contributed by atoms with Gasteiger partial charge in [-0.1, -0.05) is 36.6 Å². The zero-order chi connectivity index (χ0) is 31.3. The fourth-order valence-corrected chi connectivity index (χ4v) is 7.15. The lowest BCUT2D eigenvalue weighted by molar-refractivity contribution is -0.162. The summed E-state index contributed by atoms with van der Waals surface area (Å²) in [5.74, 6) is -1.86. The van der Waals surface area contributed by atoms with E-state index in [0.717, 1.165) is 13.5 Å². The van der Waals surface area contributed by atoms with E-state index >= 15 is 0 Å². The number of aromatic nitrogens is 3. The highest BCUT2D eigenvalue weighted by molar-refractivity contribution is 6.31. The van der Waals surface area contributed by atoms with Crippen LogP contribution in [0.2, 0.25) is 5.02 Å². The van der Waals surface area contributed by atoms with E-state index in [1.54, 1.807) is 28.9 Å². The van der Waals surface area contributed by atoms with Gasteiger partial charge in [0.25, 0.3) is 0 Å². The number of nitrogens with zero attached hydrogens (tertiary/aromatic N) is 5. The molecule has 2 aromatic rings. The average Bonchev–Trinajstić information content (AvgIpc) is 3.48. The predicted octanol–water partition coefficient (Wildman–Crippen LogP) is 4.64. The minimum Gasteiger partial charge on any atom is -0.487 e. The number of alkyl halides is 3. The zero-order valence-corrected chi connectivity index (χ0v) is 25.0. The maximum absolute atomic E-state index is 14.3. The van der Waals surface area contributed by atoms with E-state index in [2.05, 4.69) is 10.3 Å². The van der Waals surface area contributed by atoms with Gasteiger partial charge in [0.15, 0.2) is 5.69 Å². The van der Waals surface area contributed by atoms with Gasteiger partial charge in [-0.3, -0.25) is 14.4 Å². The monoisotopic (exact) mass is 625 g/mol. The molecule has 3 aliphatic rings. The third kappa shape index (κ3) is 5.80. The maximum atomic E-state index is 14.3. The molecular formula is C29H35ClF3N5O5. The van der Waals surface area contributed by atoms with Crippen LogP contribution < -0.4 is 4.74 Å². The molecule has 10 nitrogen and oxygen atoms in total. The highest BCUT2D eigenvalue weighted by Crippen LogP contribution is 2.47. The summed E-state index contributed by atoms with van der Waals surface area (Å²) in [5, 5.41) is 17.7. The van der Waals surface area contributed by atoms with Gasteiger partial charge in [0.1, 0.15) is 18.1 Å². The zero-order valence-electron chi connectivity index (χ0n) is 24.3. The molecule has 2 aliphatic heterocycles. The second kappa shape index (κ2) is 11.6. The Kier molecular flexibility index (Phi) is 8.40. The van der Waals surface area contributed by atoms with E-state index < -0.39 is 47.5 Å². The first kappa shape index (κ1) is 31.1. The van der Waals surface area contributed by atoms with Crippen molar-refractivity contribution in [1.82, 2.24) is 24.8 Å². The van der Waals surface area contributed by atoms with Gasteiger partial charge in [0.05, 0.1) is 17.4 Å². The van der Waals surface area contributed by atoms with Crippen LogP contribution in [0, 0.1) is 17.3 Å². The molecule has 1 aliphatic carbocycles. The molecule has 1 aromatic heterocycles. The maximum Gasteiger partial charge on any atom is 0.435 e. The van der Waals surface area contributed by atoms with Gasteiger partial charge in [0, 0.05) is 43.7 Å². The van der Waals surface area contributed by atoms with E-state index in [4.69, 9.17) is 16.3 Å². The number of carbonyl (C=O) groups excluding carboxylic acids is 2. The van der Waals surface area contributed by atoms with Crippen LogP contribution >= 0.6 is 11.6 Å². The van der Waals surface area contributed by atoms with Crippen molar-refractivity contribution in [3.63, 3.8) is 0 Å². The molecule has 234 valence electrons. The summed E-state index contributed by atoms with van der Waals surface area (Å²) in [7, 11) is 1.15. The van der Waals surface area contributed by atoms with Crippen LogP contribution in [-0.4, -0.2) is 67.3 Å². The molecule has 2 amide bonds. The summed E-state index contributed by atoms with van der Waals surface area (Å²) in [6.45, 7) is 3.87. The van der Waals surface area contributed by atoms with Crippen LogP contribution in [0.4, 0.5) is 13.2 Å². The number of hydrogen-bond donors (Lipinski definition) is 1. The van der Waals surface area contributed by atoms with E-state index in [9.17, 15) is 32.7 Å². The number of fused-ring (bicyclic) bond motifs is 1. The van der Waals surface area contributed by atoms with Gasteiger partial charge in [0.2, 0.25) is 11.8 Å². The lowest BCUT2D eigenvalue weighted by Crippen LogP contribution is -2.52. The fourth-order valence-electron chi connectivity index (χ4n) is 6.89. The number of carboxylic acid groups (broad SMARTS) is 1. The molecule has 1 saturated carbocycles. The molecule has 0 radical (unpaired) electrons. The van der Waals surface area contributed by atoms with E-state index in [1.807, 2.05) is 6.92 Å². The van der Waals surface area contributed by atoms with Crippen molar-refractivity contribution >= 4 is 29.4 Å². The summed E-state index contributed by atoms with van der Waals surface area (Å²) in [5.41, 5.74) is -1.50. The molecule has 1 N–H and O–H groups in total. The molecule has 4 atom stereocenters. The molecule has 2 fully saturated rings. The molecule has 1 saturated heterocycles. The smallest absolute Gasteiger partial charge is 0.435 e. The number of aliphatic carboxylic acids is 1. The number of hydrogen-bond acceptors (Lipinski definition) is 6. The Hall–Kier alpha value is -3.35. The topological polar surface area (TPSA) is 118 Å². The third-order valence-electron chi connectivity index (χ3n) is 9.18. The van der Waals surface area contributed by atoms with Crippen LogP contribution in [0.5, 0.6) is 5.75 Å². The SMILES string of the molecule is CC1CC(=O)N(C[C@@H]2c3c(OCc4nnn(C)c4C(F)(F)F)ccc(Cl)c3CCN2C(=O)[C@@H]2CCCC[C@]2(C)C(=O)O)C1. The largest absolute Gasteiger partial charge is 0.487 e. The Balaban J connectivity index is 1.55. The number of likely N-dealkylation sites (tertiary alicyclic amines) is 1. The standard InChI is InChI=1S/C29H35ClF3N5O5/c1-16-12-23(39)37(13-16)14-21-24-17(9-11-38(21)26(40)18-6-4-5-10-28(18,2)27(41)42)19(30)7-8-22(24)43-15-20-25(29(31,32)33)36(3)35-34-20/h7-8,16,18,21H,4-6,9-15H2,1-3H3,(H,41,42)/t16?,18-,21+,28-/m0/s1. The highest BCUT2D eigenvalue weighted by atomic mass is 35.5. The minimum absolute atomic E-state index is 0.0704. The van der Waals surface area contributed by atoms with Crippen LogP contribution in [0.15, 0.2) is 12.1 Å². The lowest BCUT2D eigenvalue weighted by Gasteiger charge is -2.45. The Bertz CT molecular complexity index is 1430. The first-order valence-electron chi connectivity index (χ1n) is 14.4. The Labute approximate surface area is 252 Å². The van der Waals surface area contributed by atoms with Gasteiger partial charge in [-0.25, -0.2) is 4.68 Å². The molecule has 1 aromatic carbocycles. The van der Waals surface area contributed by atoms with Crippen molar-refractivity contribution in [3.8, 4) is 5.75 Å².